The van der Waals surface area contributed by atoms with E-state index in [9.17, 15) is 4.79 Å². The Morgan fingerprint density at radius 2 is 1.85 bits per heavy atom. The van der Waals surface area contributed by atoms with Crippen molar-refractivity contribution in [2.24, 2.45) is 7.05 Å². The number of carbonyl (C=O) groups is 1. The Balaban J connectivity index is 1.52. The van der Waals surface area contributed by atoms with Crippen molar-refractivity contribution in [2.45, 2.75) is 18.0 Å². The van der Waals surface area contributed by atoms with Gasteiger partial charge in [-0.1, -0.05) is 65.3 Å². The molecule has 0 bridgehead atoms. The molecule has 0 fully saturated rings. The lowest BCUT2D eigenvalue weighted by Crippen LogP contribution is -2.14. The van der Waals surface area contributed by atoms with E-state index in [0.29, 0.717) is 20.9 Å². The van der Waals surface area contributed by atoms with E-state index in [1.165, 1.54) is 17.3 Å². The van der Waals surface area contributed by atoms with Crippen molar-refractivity contribution >= 4 is 46.6 Å². The molecule has 0 aliphatic heterocycles. The van der Waals surface area contributed by atoms with Crippen molar-refractivity contribution in [3.63, 3.8) is 0 Å². The summed E-state index contributed by atoms with van der Waals surface area (Å²) in [6.45, 7) is 0. The van der Waals surface area contributed by atoms with Gasteiger partial charge in [-0.15, -0.1) is 10.2 Å². The molecule has 0 aliphatic carbocycles. The van der Waals surface area contributed by atoms with Crippen LogP contribution in [0.25, 0.3) is 0 Å². The Bertz CT molecular complexity index is 931. The molecule has 0 atom stereocenters. The Hall–Kier alpha value is -2.02. The smallest absolute Gasteiger partial charge is 0.234 e. The number of halogens is 2. The number of carbonyl (C=O) groups excluding carboxylic acids is 1. The molecule has 1 heterocycles. The van der Waals surface area contributed by atoms with E-state index < -0.39 is 0 Å². The van der Waals surface area contributed by atoms with Gasteiger partial charge in [-0.3, -0.25) is 4.79 Å². The molecule has 0 saturated heterocycles. The first-order valence-corrected chi connectivity index (χ1v) is 10.1. The number of nitrogens with one attached hydrogen (secondary N) is 1. The minimum atomic E-state index is -0.146. The van der Waals surface area contributed by atoms with Crippen LogP contribution >= 0.6 is 35.0 Å². The quantitative estimate of drug-likeness (QED) is 0.565. The summed E-state index contributed by atoms with van der Waals surface area (Å²) < 4.78 is 1.93. The fourth-order valence-corrected chi connectivity index (χ4v) is 3.52. The number of benzene rings is 2. The number of hydrogen-bond donors (Lipinski definition) is 1. The standard InChI is InChI=1S/C19H18Cl2N4OS/c1-25-17(10-7-13-5-3-2-4-6-13)23-24-19(25)27-12-18(26)22-14-8-9-15(20)16(21)11-14/h2-6,8-9,11H,7,10,12H2,1H3,(H,22,26). The Morgan fingerprint density at radius 3 is 2.59 bits per heavy atom. The van der Waals surface area contributed by atoms with Crippen LogP contribution < -0.4 is 5.32 Å². The number of aryl methyl sites for hydroxylation is 2. The average molecular weight is 421 g/mol. The van der Waals surface area contributed by atoms with E-state index in [1.54, 1.807) is 18.2 Å². The molecule has 0 saturated carbocycles. The summed E-state index contributed by atoms with van der Waals surface area (Å²) in [6, 6.07) is 15.2. The highest BCUT2D eigenvalue weighted by Gasteiger charge is 2.12. The number of hydrogen-bond acceptors (Lipinski definition) is 4. The molecule has 1 N–H and O–H groups in total. The van der Waals surface area contributed by atoms with E-state index >= 15 is 0 Å². The maximum atomic E-state index is 12.1. The third-order valence-corrected chi connectivity index (χ3v) is 5.70. The normalized spacial score (nSPS) is 10.8. The predicted molar refractivity (Wildman–Crippen MR) is 111 cm³/mol. The highest BCUT2D eigenvalue weighted by molar-refractivity contribution is 7.99. The van der Waals surface area contributed by atoms with Gasteiger partial charge in [-0.25, -0.2) is 0 Å². The first kappa shape index (κ1) is 19.7. The molecule has 0 radical (unpaired) electrons. The SMILES string of the molecule is Cn1c(CCc2ccccc2)nnc1SCC(=O)Nc1ccc(Cl)c(Cl)c1. The lowest BCUT2D eigenvalue weighted by molar-refractivity contribution is -0.113. The first-order valence-electron chi connectivity index (χ1n) is 8.33. The summed E-state index contributed by atoms with van der Waals surface area (Å²) in [5.74, 6) is 0.976. The number of aromatic nitrogens is 3. The van der Waals surface area contributed by atoms with Crippen molar-refractivity contribution in [2.75, 3.05) is 11.1 Å². The van der Waals surface area contributed by atoms with Crippen molar-refractivity contribution in [1.29, 1.82) is 0 Å². The summed E-state index contributed by atoms with van der Waals surface area (Å²) in [5.41, 5.74) is 1.87. The van der Waals surface area contributed by atoms with E-state index in [1.807, 2.05) is 29.8 Å². The highest BCUT2D eigenvalue weighted by atomic mass is 35.5. The summed E-state index contributed by atoms with van der Waals surface area (Å²) >= 11 is 13.2. The van der Waals surface area contributed by atoms with Gasteiger partial charge in [0.25, 0.3) is 0 Å². The van der Waals surface area contributed by atoms with Gasteiger partial charge >= 0.3 is 0 Å². The van der Waals surface area contributed by atoms with Crippen molar-refractivity contribution in [3.8, 4) is 0 Å². The number of thioether (sulfide) groups is 1. The van der Waals surface area contributed by atoms with E-state index in [4.69, 9.17) is 23.2 Å². The van der Waals surface area contributed by atoms with Gasteiger partial charge < -0.3 is 9.88 Å². The zero-order valence-electron chi connectivity index (χ0n) is 14.7. The second-order valence-corrected chi connectivity index (χ2v) is 7.67. The van der Waals surface area contributed by atoms with Crippen LogP contribution in [-0.4, -0.2) is 26.4 Å². The minimum absolute atomic E-state index is 0.146. The predicted octanol–water partition coefficient (Wildman–Crippen LogP) is 4.64. The molecule has 5 nitrogen and oxygen atoms in total. The Labute approximate surface area is 172 Å². The molecule has 1 amide bonds. The maximum Gasteiger partial charge on any atom is 0.234 e. The van der Waals surface area contributed by atoms with Crippen molar-refractivity contribution < 1.29 is 4.79 Å². The maximum absolute atomic E-state index is 12.1. The van der Waals surface area contributed by atoms with Crippen LogP contribution in [0.3, 0.4) is 0 Å². The van der Waals surface area contributed by atoms with Crippen LogP contribution in [0.4, 0.5) is 5.69 Å². The van der Waals surface area contributed by atoms with E-state index in [0.717, 1.165) is 18.7 Å². The fraction of sp³-hybridized carbons (Fsp3) is 0.211. The third kappa shape index (κ3) is 5.48. The number of anilines is 1. The van der Waals surface area contributed by atoms with Crippen LogP contribution in [0.15, 0.2) is 53.7 Å². The zero-order chi connectivity index (χ0) is 19.2. The number of rotatable bonds is 7. The summed E-state index contributed by atoms with van der Waals surface area (Å²) in [5, 5.41) is 12.8. The molecule has 8 heteroatoms. The Morgan fingerprint density at radius 1 is 1.07 bits per heavy atom. The average Bonchev–Trinajstić information content (AvgIpc) is 3.02. The van der Waals surface area contributed by atoms with Gasteiger partial charge in [-0.2, -0.15) is 0 Å². The van der Waals surface area contributed by atoms with Gasteiger partial charge in [0.15, 0.2) is 5.16 Å². The van der Waals surface area contributed by atoms with Crippen LogP contribution in [0, 0.1) is 0 Å². The monoisotopic (exact) mass is 420 g/mol. The summed E-state index contributed by atoms with van der Waals surface area (Å²) in [4.78, 5) is 12.1. The highest BCUT2D eigenvalue weighted by Crippen LogP contribution is 2.25. The summed E-state index contributed by atoms with van der Waals surface area (Å²) in [6.07, 6.45) is 1.69. The first-order chi connectivity index (χ1) is 13.0. The fourth-order valence-electron chi connectivity index (χ4n) is 2.49. The van der Waals surface area contributed by atoms with Crippen LogP contribution in [0.5, 0.6) is 0 Å². The van der Waals surface area contributed by atoms with Gasteiger partial charge in [-0.05, 0) is 30.2 Å². The molecule has 2 aromatic carbocycles. The zero-order valence-corrected chi connectivity index (χ0v) is 17.0. The molecular weight excluding hydrogens is 403 g/mol. The molecule has 1 aromatic heterocycles. The van der Waals surface area contributed by atoms with Crippen LogP contribution in [0.2, 0.25) is 10.0 Å². The minimum Gasteiger partial charge on any atom is -0.325 e. The molecule has 27 heavy (non-hydrogen) atoms. The molecule has 0 unspecified atom stereocenters. The molecule has 3 aromatic rings. The third-order valence-electron chi connectivity index (χ3n) is 3.94. The second kappa shape index (κ2) is 9.26. The largest absolute Gasteiger partial charge is 0.325 e. The van der Waals surface area contributed by atoms with Crippen LogP contribution in [-0.2, 0) is 24.7 Å². The van der Waals surface area contributed by atoms with E-state index in [2.05, 4.69) is 27.6 Å². The number of nitrogens with zero attached hydrogens (tertiary/aromatic N) is 3. The van der Waals surface area contributed by atoms with Crippen molar-refractivity contribution in [1.82, 2.24) is 14.8 Å². The molecule has 140 valence electrons. The molecule has 0 aliphatic rings. The van der Waals surface area contributed by atoms with Gasteiger partial charge in [0.2, 0.25) is 5.91 Å². The molecular formula is C19H18Cl2N4OS. The summed E-state index contributed by atoms with van der Waals surface area (Å²) in [7, 11) is 1.92. The topological polar surface area (TPSA) is 59.8 Å². The Kier molecular flexibility index (Phi) is 6.77. The lowest BCUT2D eigenvalue weighted by atomic mass is 10.1. The lowest BCUT2D eigenvalue weighted by Gasteiger charge is -2.07. The number of amides is 1. The van der Waals surface area contributed by atoms with E-state index in [-0.39, 0.29) is 11.7 Å². The molecule has 0 spiro atoms. The second-order valence-electron chi connectivity index (χ2n) is 5.91. The van der Waals surface area contributed by atoms with Gasteiger partial charge in [0.1, 0.15) is 5.82 Å². The molecule has 3 rings (SSSR count). The van der Waals surface area contributed by atoms with Crippen LogP contribution in [0.1, 0.15) is 11.4 Å². The van der Waals surface area contributed by atoms with Gasteiger partial charge in [0.05, 0.1) is 15.8 Å². The van der Waals surface area contributed by atoms with Gasteiger partial charge in [0, 0.05) is 19.2 Å². The van der Waals surface area contributed by atoms with Crippen molar-refractivity contribution in [3.05, 3.63) is 70.0 Å².